The van der Waals surface area contributed by atoms with Crippen molar-refractivity contribution in [3.05, 3.63) is 78.6 Å². The summed E-state index contributed by atoms with van der Waals surface area (Å²) in [5.41, 5.74) is 3.16. The number of piperidine rings is 1. The van der Waals surface area contributed by atoms with Gasteiger partial charge in [0.1, 0.15) is 17.7 Å². The van der Waals surface area contributed by atoms with Crippen LogP contribution in [0.1, 0.15) is 23.2 Å². The summed E-state index contributed by atoms with van der Waals surface area (Å²) < 4.78 is 7.60. The molecule has 0 bridgehead atoms. The lowest BCUT2D eigenvalue weighted by Gasteiger charge is -2.23. The molecular weight excluding hydrogens is 468 g/mol. The SMILES string of the molecule is CNC(=O)n1ccc2cc(N(C)c3ccnc(NC(=O)c4ccc(OC5CCNCC5)cc4)c3)ccc21. The molecule has 9 heteroatoms. The minimum Gasteiger partial charge on any atom is -0.490 e. The first-order valence-corrected chi connectivity index (χ1v) is 12.3. The Labute approximate surface area is 215 Å². The predicted molar refractivity (Wildman–Crippen MR) is 145 cm³/mol. The Morgan fingerprint density at radius 1 is 1.03 bits per heavy atom. The van der Waals surface area contributed by atoms with E-state index in [-0.39, 0.29) is 18.0 Å². The highest BCUT2D eigenvalue weighted by Gasteiger charge is 2.15. The summed E-state index contributed by atoms with van der Waals surface area (Å²) in [7, 11) is 3.55. The van der Waals surface area contributed by atoms with E-state index >= 15 is 0 Å². The summed E-state index contributed by atoms with van der Waals surface area (Å²) in [6.45, 7) is 1.93. The smallest absolute Gasteiger partial charge is 0.325 e. The van der Waals surface area contributed by atoms with E-state index in [4.69, 9.17) is 4.74 Å². The van der Waals surface area contributed by atoms with Gasteiger partial charge in [-0.05, 0) is 80.5 Å². The molecule has 2 aromatic heterocycles. The van der Waals surface area contributed by atoms with Crippen molar-refractivity contribution in [1.82, 2.24) is 20.2 Å². The summed E-state index contributed by atoms with van der Waals surface area (Å²) in [4.78, 5) is 31.2. The molecule has 37 heavy (non-hydrogen) atoms. The third-order valence-electron chi connectivity index (χ3n) is 6.57. The van der Waals surface area contributed by atoms with Gasteiger partial charge in [0.05, 0.1) is 5.52 Å². The van der Waals surface area contributed by atoms with Gasteiger partial charge in [-0.3, -0.25) is 9.36 Å². The molecule has 1 aliphatic rings. The number of aromatic nitrogens is 2. The maximum Gasteiger partial charge on any atom is 0.325 e. The number of rotatable bonds is 6. The topological polar surface area (TPSA) is 101 Å². The van der Waals surface area contributed by atoms with Gasteiger partial charge in [-0.2, -0.15) is 0 Å². The summed E-state index contributed by atoms with van der Waals surface area (Å²) in [5.74, 6) is 0.988. The number of hydrogen-bond donors (Lipinski definition) is 3. The molecule has 1 saturated heterocycles. The predicted octanol–water partition coefficient (Wildman–Crippen LogP) is 4.37. The molecule has 3 N–H and O–H groups in total. The van der Waals surface area contributed by atoms with Gasteiger partial charge in [0, 0.05) is 54.9 Å². The highest BCUT2D eigenvalue weighted by Crippen LogP contribution is 2.29. The van der Waals surface area contributed by atoms with E-state index in [2.05, 4.69) is 20.9 Å². The van der Waals surface area contributed by atoms with Crippen LogP contribution in [0.2, 0.25) is 0 Å². The minimum absolute atomic E-state index is 0.186. The quantitative estimate of drug-likeness (QED) is 0.365. The number of amides is 2. The Hall–Kier alpha value is -4.37. The lowest BCUT2D eigenvalue weighted by Crippen LogP contribution is -2.34. The first-order chi connectivity index (χ1) is 18.0. The Morgan fingerprint density at radius 2 is 1.78 bits per heavy atom. The molecule has 1 fully saturated rings. The molecule has 0 spiro atoms. The zero-order valence-corrected chi connectivity index (χ0v) is 20.9. The van der Waals surface area contributed by atoms with Crippen molar-refractivity contribution in [2.24, 2.45) is 0 Å². The number of pyridine rings is 1. The molecule has 9 nitrogen and oxygen atoms in total. The zero-order valence-electron chi connectivity index (χ0n) is 20.9. The summed E-state index contributed by atoms with van der Waals surface area (Å²) >= 11 is 0. The van der Waals surface area contributed by atoms with E-state index in [1.165, 1.54) is 0 Å². The normalized spacial score (nSPS) is 13.8. The van der Waals surface area contributed by atoms with Gasteiger partial charge in [0.15, 0.2) is 0 Å². The number of nitrogens with one attached hydrogen (secondary N) is 3. The number of carbonyl (C=O) groups is 2. The van der Waals surface area contributed by atoms with E-state index in [9.17, 15) is 9.59 Å². The van der Waals surface area contributed by atoms with Crippen LogP contribution in [-0.2, 0) is 0 Å². The van der Waals surface area contributed by atoms with Crippen molar-refractivity contribution >= 4 is 40.0 Å². The highest BCUT2D eigenvalue weighted by molar-refractivity contribution is 6.04. The van der Waals surface area contributed by atoms with Crippen LogP contribution in [0.25, 0.3) is 10.9 Å². The van der Waals surface area contributed by atoms with Crippen LogP contribution in [-0.4, -0.2) is 54.8 Å². The Bertz CT molecular complexity index is 1410. The Morgan fingerprint density at radius 3 is 2.54 bits per heavy atom. The highest BCUT2D eigenvalue weighted by atomic mass is 16.5. The second kappa shape index (κ2) is 10.7. The molecular formula is C28H30N6O3. The fraction of sp³-hybridized carbons (Fsp3) is 0.250. The second-order valence-corrected chi connectivity index (χ2v) is 8.99. The molecule has 4 aromatic rings. The molecule has 1 aliphatic heterocycles. The molecule has 0 atom stereocenters. The second-order valence-electron chi connectivity index (χ2n) is 8.99. The first-order valence-electron chi connectivity index (χ1n) is 12.3. The van der Waals surface area contributed by atoms with Crippen molar-refractivity contribution in [2.75, 3.05) is 37.4 Å². The molecule has 0 aliphatic carbocycles. The summed E-state index contributed by atoms with van der Waals surface area (Å²) in [6.07, 6.45) is 5.59. The summed E-state index contributed by atoms with van der Waals surface area (Å²) in [6, 6.07) is 18.5. The maximum atomic E-state index is 12.8. The average Bonchev–Trinajstić information content (AvgIpc) is 3.37. The Kier molecular flexibility index (Phi) is 7.04. The van der Waals surface area contributed by atoms with Gasteiger partial charge >= 0.3 is 6.03 Å². The molecule has 2 aromatic carbocycles. The monoisotopic (exact) mass is 498 g/mol. The van der Waals surface area contributed by atoms with E-state index < -0.39 is 0 Å². The van der Waals surface area contributed by atoms with Crippen LogP contribution in [0, 0.1) is 0 Å². The number of hydrogen-bond acceptors (Lipinski definition) is 6. The molecule has 190 valence electrons. The van der Waals surface area contributed by atoms with Gasteiger partial charge in [-0.15, -0.1) is 0 Å². The maximum absolute atomic E-state index is 12.8. The van der Waals surface area contributed by atoms with Crippen molar-refractivity contribution in [1.29, 1.82) is 0 Å². The number of carbonyl (C=O) groups excluding carboxylic acids is 2. The standard InChI is InChI=1S/C28H30N6O3/c1-29-28(36)34-16-12-20-17-21(5-8-25(20)34)33(2)22-9-15-31-26(18-22)32-27(35)19-3-6-23(7-4-19)37-24-10-13-30-14-11-24/h3-9,12,15-18,24,30H,10-11,13-14H2,1-2H3,(H,29,36)(H,31,32,35). The van der Waals surface area contributed by atoms with Gasteiger partial charge in [-0.25, -0.2) is 9.78 Å². The van der Waals surface area contributed by atoms with E-state index in [0.717, 1.165) is 54.0 Å². The van der Waals surface area contributed by atoms with Crippen LogP contribution in [0.4, 0.5) is 22.0 Å². The van der Waals surface area contributed by atoms with Gasteiger partial charge in [-0.1, -0.05) is 0 Å². The Balaban J connectivity index is 1.26. The van der Waals surface area contributed by atoms with E-state index in [1.54, 1.807) is 36.1 Å². The van der Waals surface area contributed by atoms with Crippen LogP contribution >= 0.6 is 0 Å². The fourth-order valence-electron chi connectivity index (χ4n) is 4.46. The zero-order chi connectivity index (χ0) is 25.8. The number of nitrogens with zero attached hydrogens (tertiary/aromatic N) is 3. The summed E-state index contributed by atoms with van der Waals surface area (Å²) in [5, 5.41) is 9.80. The number of ether oxygens (including phenoxy) is 1. The molecule has 2 amide bonds. The van der Waals surface area contributed by atoms with Crippen molar-refractivity contribution in [3.63, 3.8) is 0 Å². The number of fused-ring (bicyclic) bond motifs is 1. The fourth-order valence-corrected chi connectivity index (χ4v) is 4.46. The lowest BCUT2D eigenvalue weighted by atomic mass is 10.1. The van der Waals surface area contributed by atoms with Crippen molar-refractivity contribution in [3.8, 4) is 5.75 Å². The molecule has 3 heterocycles. The third kappa shape index (κ3) is 5.41. The molecule has 0 saturated carbocycles. The van der Waals surface area contributed by atoms with Gasteiger partial charge in [0.25, 0.3) is 5.91 Å². The minimum atomic E-state index is -0.238. The van der Waals surface area contributed by atoms with Crippen LogP contribution in [0.5, 0.6) is 5.75 Å². The largest absolute Gasteiger partial charge is 0.490 e. The van der Waals surface area contributed by atoms with Crippen LogP contribution in [0.3, 0.4) is 0 Å². The van der Waals surface area contributed by atoms with E-state index in [1.807, 2.05) is 60.5 Å². The number of benzene rings is 2. The molecule has 5 rings (SSSR count). The van der Waals surface area contributed by atoms with Crippen LogP contribution in [0.15, 0.2) is 73.1 Å². The molecule has 0 radical (unpaired) electrons. The van der Waals surface area contributed by atoms with Crippen molar-refractivity contribution < 1.29 is 14.3 Å². The lowest BCUT2D eigenvalue weighted by molar-refractivity contribution is 0.102. The van der Waals surface area contributed by atoms with E-state index in [0.29, 0.717) is 11.4 Å². The van der Waals surface area contributed by atoms with Gasteiger partial charge < -0.3 is 25.6 Å². The average molecular weight is 499 g/mol. The van der Waals surface area contributed by atoms with Gasteiger partial charge in [0.2, 0.25) is 0 Å². The first kappa shape index (κ1) is 24.3. The molecule has 0 unspecified atom stereocenters. The third-order valence-corrected chi connectivity index (χ3v) is 6.57. The van der Waals surface area contributed by atoms with Crippen molar-refractivity contribution in [2.45, 2.75) is 18.9 Å². The number of anilines is 3. The van der Waals surface area contributed by atoms with Crippen LogP contribution < -0.4 is 25.6 Å².